The van der Waals surface area contributed by atoms with Crippen molar-refractivity contribution in [2.45, 2.75) is 13.0 Å². The van der Waals surface area contributed by atoms with Gasteiger partial charge in [0.25, 0.3) is 0 Å². The number of para-hydroxylation sites is 1. The molecule has 1 aliphatic heterocycles. The maximum absolute atomic E-state index is 13.8. The van der Waals surface area contributed by atoms with E-state index in [1.165, 1.54) is 18.2 Å². The van der Waals surface area contributed by atoms with Crippen LogP contribution in [0, 0.1) is 5.82 Å². The molecule has 0 spiro atoms. The van der Waals surface area contributed by atoms with Crippen LogP contribution in [0.3, 0.4) is 0 Å². The number of nitrogens with one attached hydrogen (secondary N) is 1. The summed E-state index contributed by atoms with van der Waals surface area (Å²) in [5.74, 6) is -0.145. The molecule has 0 atom stereocenters. The van der Waals surface area contributed by atoms with Gasteiger partial charge in [0, 0.05) is 22.9 Å². The molecule has 4 rings (SSSR count). The summed E-state index contributed by atoms with van der Waals surface area (Å²) in [6.07, 6.45) is 3.65. The number of amides is 1. The second-order valence-electron chi connectivity index (χ2n) is 6.74. The van der Waals surface area contributed by atoms with Crippen molar-refractivity contribution in [3.05, 3.63) is 101 Å². The van der Waals surface area contributed by atoms with E-state index in [0.717, 1.165) is 16.8 Å². The normalized spacial score (nSPS) is 13.0. The molecule has 4 nitrogen and oxygen atoms in total. The largest absolute Gasteiger partial charge is 0.467 e. The average Bonchev–Trinajstić information content (AvgIpc) is 2.74. The van der Waals surface area contributed by atoms with Gasteiger partial charge in [0.2, 0.25) is 5.91 Å². The minimum Gasteiger partial charge on any atom is -0.467 e. The molecule has 0 aromatic heterocycles. The molecule has 146 valence electrons. The van der Waals surface area contributed by atoms with Gasteiger partial charge >= 0.3 is 0 Å². The van der Waals surface area contributed by atoms with Crippen LogP contribution in [0.1, 0.15) is 22.3 Å². The Kier molecular flexibility index (Phi) is 5.68. The van der Waals surface area contributed by atoms with E-state index in [9.17, 15) is 9.18 Å². The van der Waals surface area contributed by atoms with Crippen LogP contribution in [0.25, 0.3) is 6.08 Å². The van der Waals surface area contributed by atoms with Gasteiger partial charge in [-0.2, -0.15) is 0 Å². The number of rotatable bonds is 5. The first-order valence-electron chi connectivity index (χ1n) is 9.33. The summed E-state index contributed by atoms with van der Waals surface area (Å²) in [7, 11) is 0. The van der Waals surface area contributed by atoms with Crippen LogP contribution in [0.4, 0.5) is 10.1 Å². The number of hydrogen-bond acceptors (Lipinski definition) is 3. The van der Waals surface area contributed by atoms with Crippen molar-refractivity contribution in [2.24, 2.45) is 0 Å². The van der Waals surface area contributed by atoms with Crippen molar-refractivity contribution in [2.75, 3.05) is 12.1 Å². The summed E-state index contributed by atoms with van der Waals surface area (Å²) in [6, 6.07) is 20.5. The van der Waals surface area contributed by atoms with Crippen LogP contribution in [-0.2, 0) is 22.6 Å². The van der Waals surface area contributed by atoms with Crippen molar-refractivity contribution in [1.29, 1.82) is 0 Å². The summed E-state index contributed by atoms with van der Waals surface area (Å²) in [5, 5.41) is 2.91. The standard InChI is InChI=1S/C24H20FNO3/c25-21-13-19(24-20(14-21)15-28-16-29-24)10-11-23(27)26-22-9-5-4-8-18(22)12-17-6-2-1-3-7-17/h1-11,13-14H,12,15-16H2,(H,26,27). The average molecular weight is 389 g/mol. The highest BCUT2D eigenvalue weighted by molar-refractivity contribution is 6.02. The lowest BCUT2D eigenvalue weighted by Crippen LogP contribution is -2.13. The molecule has 0 saturated heterocycles. The van der Waals surface area contributed by atoms with Gasteiger partial charge < -0.3 is 14.8 Å². The van der Waals surface area contributed by atoms with E-state index >= 15 is 0 Å². The van der Waals surface area contributed by atoms with Crippen molar-refractivity contribution in [3.8, 4) is 5.75 Å². The molecule has 0 saturated carbocycles. The van der Waals surface area contributed by atoms with Gasteiger partial charge in [-0.3, -0.25) is 4.79 Å². The predicted molar refractivity (Wildman–Crippen MR) is 110 cm³/mol. The number of fused-ring (bicyclic) bond motifs is 1. The van der Waals surface area contributed by atoms with E-state index in [0.29, 0.717) is 23.3 Å². The van der Waals surface area contributed by atoms with Crippen molar-refractivity contribution < 1.29 is 18.7 Å². The van der Waals surface area contributed by atoms with E-state index in [1.54, 1.807) is 6.08 Å². The zero-order valence-corrected chi connectivity index (χ0v) is 15.7. The third-order valence-corrected chi connectivity index (χ3v) is 4.63. The molecule has 3 aromatic carbocycles. The van der Waals surface area contributed by atoms with Gasteiger partial charge in [0.05, 0.1) is 6.61 Å². The lowest BCUT2D eigenvalue weighted by molar-refractivity contribution is -0.111. The molecule has 0 fully saturated rings. The van der Waals surface area contributed by atoms with E-state index < -0.39 is 5.82 Å². The topological polar surface area (TPSA) is 47.6 Å². The Morgan fingerprint density at radius 1 is 1.07 bits per heavy atom. The van der Waals surface area contributed by atoms with E-state index in [-0.39, 0.29) is 19.3 Å². The Morgan fingerprint density at radius 2 is 1.86 bits per heavy atom. The second-order valence-corrected chi connectivity index (χ2v) is 6.74. The molecule has 1 heterocycles. The summed E-state index contributed by atoms with van der Waals surface area (Å²) in [6.45, 7) is 0.394. The molecule has 1 N–H and O–H groups in total. The van der Waals surface area contributed by atoms with E-state index in [1.807, 2.05) is 42.5 Å². The molecule has 0 bridgehead atoms. The molecule has 3 aromatic rings. The first-order chi connectivity index (χ1) is 14.2. The van der Waals surface area contributed by atoms with Crippen LogP contribution in [0.2, 0.25) is 0 Å². The molecule has 0 unspecified atom stereocenters. The SMILES string of the molecule is O=C(C=Cc1cc(F)cc2c1OCOC2)Nc1ccccc1Cc1ccccc1. The second kappa shape index (κ2) is 8.71. The first-order valence-corrected chi connectivity index (χ1v) is 9.33. The third-order valence-electron chi connectivity index (χ3n) is 4.63. The Morgan fingerprint density at radius 3 is 2.72 bits per heavy atom. The molecule has 1 amide bonds. The third kappa shape index (κ3) is 4.70. The van der Waals surface area contributed by atoms with Gasteiger partial charge in [0.15, 0.2) is 6.79 Å². The van der Waals surface area contributed by atoms with Gasteiger partial charge in [-0.1, -0.05) is 48.5 Å². The van der Waals surface area contributed by atoms with Gasteiger partial charge in [-0.15, -0.1) is 0 Å². The fourth-order valence-corrected chi connectivity index (χ4v) is 3.28. The maximum Gasteiger partial charge on any atom is 0.248 e. The zero-order valence-electron chi connectivity index (χ0n) is 15.7. The number of hydrogen-bond donors (Lipinski definition) is 1. The molecular formula is C24H20FNO3. The van der Waals surface area contributed by atoms with Crippen molar-refractivity contribution >= 4 is 17.7 Å². The van der Waals surface area contributed by atoms with Crippen molar-refractivity contribution in [1.82, 2.24) is 0 Å². The van der Waals surface area contributed by atoms with Crippen LogP contribution >= 0.6 is 0 Å². The Bertz CT molecular complexity index is 1050. The van der Waals surface area contributed by atoms with E-state index in [2.05, 4.69) is 17.4 Å². The fraction of sp³-hybridized carbons (Fsp3) is 0.125. The maximum atomic E-state index is 13.8. The molecule has 0 aliphatic carbocycles. The first kappa shape index (κ1) is 18.9. The number of ether oxygens (including phenoxy) is 2. The van der Waals surface area contributed by atoms with E-state index in [4.69, 9.17) is 9.47 Å². The number of carbonyl (C=O) groups excluding carboxylic acids is 1. The number of carbonyl (C=O) groups is 1. The fourth-order valence-electron chi connectivity index (χ4n) is 3.28. The lowest BCUT2D eigenvalue weighted by atomic mass is 10.0. The highest BCUT2D eigenvalue weighted by Gasteiger charge is 2.15. The zero-order chi connectivity index (χ0) is 20.1. The Hall–Kier alpha value is -3.44. The predicted octanol–water partition coefficient (Wildman–Crippen LogP) is 4.93. The smallest absolute Gasteiger partial charge is 0.248 e. The van der Waals surface area contributed by atoms with Crippen molar-refractivity contribution in [3.63, 3.8) is 0 Å². The monoisotopic (exact) mass is 389 g/mol. The molecule has 29 heavy (non-hydrogen) atoms. The number of halogens is 1. The Labute approximate surface area is 168 Å². The molecule has 1 aliphatic rings. The number of benzene rings is 3. The van der Waals surface area contributed by atoms with Crippen LogP contribution in [-0.4, -0.2) is 12.7 Å². The highest BCUT2D eigenvalue weighted by atomic mass is 19.1. The summed E-state index contributed by atoms with van der Waals surface area (Å²) in [4.78, 5) is 12.5. The number of anilines is 1. The van der Waals surface area contributed by atoms with Crippen LogP contribution in [0.15, 0.2) is 72.8 Å². The highest BCUT2D eigenvalue weighted by Crippen LogP contribution is 2.30. The molecule has 5 heteroatoms. The summed E-state index contributed by atoms with van der Waals surface area (Å²) >= 11 is 0. The summed E-state index contributed by atoms with van der Waals surface area (Å²) < 4.78 is 24.5. The van der Waals surface area contributed by atoms with Crippen LogP contribution < -0.4 is 10.1 Å². The summed E-state index contributed by atoms with van der Waals surface area (Å²) in [5.41, 5.74) is 4.07. The van der Waals surface area contributed by atoms with Gasteiger partial charge in [-0.05, 0) is 41.8 Å². The lowest BCUT2D eigenvalue weighted by Gasteiger charge is -2.19. The Balaban J connectivity index is 1.50. The minimum absolute atomic E-state index is 0.110. The minimum atomic E-state index is -0.397. The van der Waals surface area contributed by atoms with Gasteiger partial charge in [0.1, 0.15) is 11.6 Å². The quantitative estimate of drug-likeness (QED) is 0.629. The van der Waals surface area contributed by atoms with Gasteiger partial charge in [-0.25, -0.2) is 4.39 Å². The molecular weight excluding hydrogens is 369 g/mol. The van der Waals surface area contributed by atoms with Crippen LogP contribution in [0.5, 0.6) is 5.75 Å². The molecule has 0 radical (unpaired) electrons.